The number of halogens is 3. The quantitative estimate of drug-likeness (QED) is 0.172. The third-order valence-electron chi connectivity index (χ3n) is 9.96. The van der Waals surface area contributed by atoms with E-state index in [1.807, 2.05) is 0 Å². The van der Waals surface area contributed by atoms with Crippen molar-refractivity contribution in [2.45, 2.75) is 31.4 Å². The van der Waals surface area contributed by atoms with Gasteiger partial charge in [0.05, 0.1) is 5.57 Å². The van der Waals surface area contributed by atoms with Gasteiger partial charge >= 0.3 is 6.18 Å². The molecule has 0 radical (unpaired) electrons. The van der Waals surface area contributed by atoms with E-state index in [1.54, 1.807) is 6.08 Å². The van der Waals surface area contributed by atoms with Gasteiger partial charge in [0.15, 0.2) is 0 Å². The minimum absolute atomic E-state index is 0.0778. The van der Waals surface area contributed by atoms with Crippen molar-refractivity contribution in [2.24, 2.45) is 5.92 Å². The topological polar surface area (TPSA) is 0 Å². The minimum Gasteiger partial charge on any atom is -0.166 e. The Morgan fingerprint density at radius 2 is 1.17 bits per heavy atom. The van der Waals surface area contributed by atoms with Crippen LogP contribution in [0.2, 0.25) is 0 Å². The maximum atomic E-state index is 13.2. The molecule has 3 unspecified atom stereocenters. The highest BCUT2D eigenvalue weighted by molar-refractivity contribution is 6.20. The lowest BCUT2D eigenvalue weighted by atomic mass is 9.71. The van der Waals surface area contributed by atoms with Crippen molar-refractivity contribution in [1.29, 1.82) is 0 Å². The average Bonchev–Trinajstić information content (AvgIpc) is 3.10. The molecule has 230 valence electrons. The Balaban J connectivity index is 1.27. The van der Waals surface area contributed by atoms with Gasteiger partial charge < -0.3 is 0 Å². The van der Waals surface area contributed by atoms with Gasteiger partial charge in [0, 0.05) is 11.8 Å². The Kier molecular flexibility index (Phi) is 7.21. The highest BCUT2D eigenvalue weighted by Crippen LogP contribution is 2.49. The second-order valence-electron chi connectivity index (χ2n) is 12.7. The van der Waals surface area contributed by atoms with Crippen LogP contribution in [0.4, 0.5) is 13.2 Å². The summed E-state index contributed by atoms with van der Waals surface area (Å²) in [6.07, 6.45) is 2.69. The smallest absolute Gasteiger partial charge is 0.166 e. The molecule has 0 saturated carbocycles. The molecule has 0 N–H and O–H groups in total. The molecule has 0 spiro atoms. The van der Waals surface area contributed by atoms with Crippen LogP contribution in [0.5, 0.6) is 0 Å². The molecule has 47 heavy (non-hydrogen) atoms. The van der Waals surface area contributed by atoms with Crippen LogP contribution in [0.1, 0.15) is 53.0 Å². The Labute approximate surface area is 273 Å². The van der Waals surface area contributed by atoms with Crippen molar-refractivity contribution in [3.8, 4) is 11.1 Å². The highest BCUT2D eigenvalue weighted by atomic mass is 19.4. The number of hydrogen-bond donors (Lipinski definition) is 0. The second-order valence-corrected chi connectivity index (χ2v) is 12.7. The Bertz CT molecular complexity index is 2160. The van der Waals surface area contributed by atoms with Crippen LogP contribution in [0, 0.1) is 5.92 Å². The van der Waals surface area contributed by atoms with Gasteiger partial charge in [-0.15, -0.1) is 0 Å². The summed E-state index contributed by atoms with van der Waals surface area (Å²) < 4.78 is 39.5. The molecular formula is C44H33F3. The molecule has 0 heterocycles. The second kappa shape index (κ2) is 11.6. The lowest BCUT2D eigenvalue weighted by molar-refractivity contribution is -0.0886. The van der Waals surface area contributed by atoms with Crippen LogP contribution in [0.3, 0.4) is 0 Å². The molecule has 2 aliphatic rings. The summed E-state index contributed by atoms with van der Waals surface area (Å²) in [5.74, 6) is 0.495. The van der Waals surface area contributed by atoms with Gasteiger partial charge in [-0.3, -0.25) is 0 Å². The molecule has 6 aromatic rings. The third-order valence-corrected chi connectivity index (χ3v) is 9.96. The third kappa shape index (κ3) is 5.11. The zero-order valence-corrected chi connectivity index (χ0v) is 26.0. The van der Waals surface area contributed by atoms with Gasteiger partial charge in [-0.25, -0.2) is 0 Å². The van der Waals surface area contributed by atoms with Gasteiger partial charge in [0.25, 0.3) is 0 Å². The molecule has 0 nitrogen and oxygen atoms in total. The van der Waals surface area contributed by atoms with E-state index in [0.717, 1.165) is 11.1 Å². The number of fused-ring (bicyclic) bond motifs is 3. The monoisotopic (exact) mass is 618 g/mol. The first kappa shape index (κ1) is 29.3. The fraction of sp³-hybridized carbons (Fsp3) is 0.136. The van der Waals surface area contributed by atoms with E-state index in [2.05, 4.69) is 140 Å². The van der Waals surface area contributed by atoms with Gasteiger partial charge in [-0.2, -0.15) is 13.2 Å². The van der Waals surface area contributed by atoms with Crippen LogP contribution in [-0.4, -0.2) is 6.18 Å². The average molecular weight is 619 g/mol. The van der Waals surface area contributed by atoms with E-state index in [1.165, 1.54) is 67.1 Å². The van der Waals surface area contributed by atoms with Crippen LogP contribution in [-0.2, 0) is 0 Å². The molecule has 6 aromatic carbocycles. The number of rotatable bonds is 4. The number of hydrogen-bond acceptors (Lipinski definition) is 0. The van der Waals surface area contributed by atoms with Crippen molar-refractivity contribution < 1.29 is 13.2 Å². The van der Waals surface area contributed by atoms with Crippen LogP contribution in [0.15, 0.2) is 157 Å². The fourth-order valence-corrected chi connectivity index (χ4v) is 7.81. The Hall–Kier alpha value is -5.15. The van der Waals surface area contributed by atoms with E-state index in [0.29, 0.717) is 12.3 Å². The molecule has 0 aromatic heterocycles. The van der Waals surface area contributed by atoms with Crippen molar-refractivity contribution in [2.75, 3.05) is 0 Å². The first-order chi connectivity index (χ1) is 22.9. The van der Waals surface area contributed by atoms with Crippen molar-refractivity contribution >= 4 is 27.1 Å². The standard InChI is InChI=1S/C44H33F3/c1-28-27-40(34-13-5-6-14-35(34)41(28)31-11-3-2-4-12-31)43-38-17-9-7-15-36(38)42(37-16-8-10-18-39(37)43)32-21-19-29(20-22-32)30-23-25-33(26-24-30)44(45,46)47/h2-23,25-28,30,41H,24H2,1H3. The fourth-order valence-electron chi connectivity index (χ4n) is 7.81. The zero-order valence-electron chi connectivity index (χ0n) is 26.0. The van der Waals surface area contributed by atoms with Crippen LogP contribution in [0.25, 0.3) is 38.2 Å². The van der Waals surface area contributed by atoms with E-state index >= 15 is 0 Å². The summed E-state index contributed by atoms with van der Waals surface area (Å²) in [6, 6.07) is 45.4. The summed E-state index contributed by atoms with van der Waals surface area (Å²) >= 11 is 0. The summed E-state index contributed by atoms with van der Waals surface area (Å²) in [5.41, 5.74) is 9.19. The molecule has 0 amide bonds. The van der Waals surface area contributed by atoms with Gasteiger partial charge in [-0.1, -0.05) is 159 Å². The summed E-state index contributed by atoms with van der Waals surface area (Å²) in [6.45, 7) is 2.33. The van der Waals surface area contributed by atoms with E-state index in [9.17, 15) is 13.2 Å². The Morgan fingerprint density at radius 3 is 1.77 bits per heavy atom. The summed E-state index contributed by atoms with van der Waals surface area (Å²) in [5, 5.41) is 4.77. The molecule has 3 atom stereocenters. The van der Waals surface area contributed by atoms with Gasteiger partial charge in [0.1, 0.15) is 0 Å². The lowest BCUT2D eigenvalue weighted by Gasteiger charge is -2.32. The number of benzene rings is 6. The zero-order chi connectivity index (χ0) is 32.1. The predicted octanol–water partition coefficient (Wildman–Crippen LogP) is 12.4. The van der Waals surface area contributed by atoms with Gasteiger partial charge in [0.2, 0.25) is 0 Å². The molecule has 3 heteroatoms. The summed E-state index contributed by atoms with van der Waals surface area (Å²) in [7, 11) is 0. The molecule has 2 aliphatic carbocycles. The number of alkyl halides is 3. The maximum absolute atomic E-state index is 13.2. The molecule has 0 fully saturated rings. The molecule has 0 bridgehead atoms. The van der Waals surface area contributed by atoms with Crippen LogP contribution >= 0.6 is 0 Å². The summed E-state index contributed by atoms with van der Waals surface area (Å²) in [4.78, 5) is 0. The normalized spacial score (nSPS) is 19.4. The van der Waals surface area contributed by atoms with Gasteiger partial charge in [-0.05, 0) is 78.4 Å². The SMILES string of the molecule is CC1C=C(c2c3ccccc3c(-c3ccc(C4C=CC(C(F)(F)F)=CC4)cc3)c3ccccc23)c2ccccc2C1c1ccccc1. The van der Waals surface area contributed by atoms with Crippen LogP contribution < -0.4 is 0 Å². The predicted molar refractivity (Wildman–Crippen MR) is 188 cm³/mol. The highest BCUT2D eigenvalue weighted by Gasteiger charge is 2.33. The van der Waals surface area contributed by atoms with E-state index < -0.39 is 11.7 Å². The molecular weight excluding hydrogens is 585 g/mol. The lowest BCUT2D eigenvalue weighted by Crippen LogP contribution is -2.17. The minimum atomic E-state index is -4.31. The first-order valence-corrected chi connectivity index (χ1v) is 16.2. The largest absolute Gasteiger partial charge is 0.416 e. The maximum Gasteiger partial charge on any atom is 0.416 e. The number of allylic oxidation sites excluding steroid dienone is 5. The van der Waals surface area contributed by atoms with E-state index in [4.69, 9.17) is 0 Å². The Morgan fingerprint density at radius 1 is 0.596 bits per heavy atom. The van der Waals surface area contributed by atoms with E-state index in [-0.39, 0.29) is 11.8 Å². The van der Waals surface area contributed by atoms with Crippen molar-refractivity contribution in [1.82, 2.24) is 0 Å². The first-order valence-electron chi connectivity index (χ1n) is 16.2. The van der Waals surface area contributed by atoms with Crippen molar-refractivity contribution in [3.63, 3.8) is 0 Å². The molecule has 0 aliphatic heterocycles. The molecule has 0 saturated heterocycles. The van der Waals surface area contributed by atoms with Crippen molar-refractivity contribution in [3.05, 3.63) is 185 Å². The molecule has 8 rings (SSSR count).